The fourth-order valence-electron chi connectivity index (χ4n) is 3.26. The number of rotatable bonds is 5. The maximum Gasteiger partial charge on any atom is 0.318 e. The Labute approximate surface area is 161 Å². The van der Waals surface area contributed by atoms with Crippen molar-refractivity contribution in [3.05, 3.63) is 52.4 Å². The second-order valence-electron chi connectivity index (χ2n) is 6.51. The number of hydrogen-bond donors (Lipinski definition) is 1. The lowest BCUT2D eigenvalue weighted by atomic mass is 10.2. The summed E-state index contributed by atoms with van der Waals surface area (Å²) in [4.78, 5) is 23.3. The van der Waals surface area contributed by atoms with E-state index < -0.39 is 0 Å². The number of aryl methyl sites for hydroxylation is 1. The number of aromatic nitrogens is 3. The number of carbonyl (C=O) groups is 1. The van der Waals surface area contributed by atoms with Crippen LogP contribution in [0.25, 0.3) is 11.3 Å². The molecule has 1 aliphatic rings. The fourth-order valence-corrected chi connectivity index (χ4v) is 4.07. The highest BCUT2D eigenvalue weighted by atomic mass is 32.1. The first kappa shape index (κ1) is 17.7. The van der Waals surface area contributed by atoms with Gasteiger partial charge in [0.15, 0.2) is 5.82 Å². The number of urea groups is 1. The Balaban J connectivity index is 1.31. The summed E-state index contributed by atoms with van der Waals surface area (Å²) >= 11 is 1.62. The molecule has 0 spiro atoms. The van der Waals surface area contributed by atoms with Crippen LogP contribution in [0, 0.1) is 6.92 Å². The van der Waals surface area contributed by atoms with E-state index in [1.807, 2.05) is 30.3 Å². The lowest BCUT2D eigenvalue weighted by Crippen LogP contribution is -2.40. The Morgan fingerprint density at radius 1 is 1.33 bits per heavy atom. The third-order valence-electron chi connectivity index (χ3n) is 4.58. The lowest BCUT2D eigenvalue weighted by Gasteiger charge is -2.22. The summed E-state index contributed by atoms with van der Waals surface area (Å²) in [5.74, 6) is 1.11. The van der Waals surface area contributed by atoms with E-state index in [1.165, 1.54) is 0 Å². The molecule has 4 rings (SSSR count). The highest BCUT2D eigenvalue weighted by molar-refractivity contribution is 7.09. The van der Waals surface area contributed by atoms with Crippen LogP contribution in [0.15, 0.2) is 40.2 Å². The largest absolute Gasteiger partial charge is 0.338 e. The van der Waals surface area contributed by atoms with Crippen LogP contribution in [0.4, 0.5) is 4.79 Å². The van der Waals surface area contributed by atoms with Crippen molar-refractivity contribution in [2.24, 2.45) is 0 Å². The van der Waals surface area contributed by atoms with Gasteiger partial charge in [-0.15, -0.1) is 11.3 Å². The molecule has 1 fully saturated rings. The van der Waals surface area contributed by atoms with E-state index in [9.17, 15) is 4.79 Å². The predicted octanol–water partition coefficient (Wildman–Crippen LogP) is 3.59. The molecular weight excluding hydrogens is 362 g/mol. The van der Waals surface area contributed by atoms with Gasteiger partial charge in [0.05, 0.1) is 10.7 Å². The number of amides is 2. The summed E-state index contributed by atoms with van der Waals surface area (Å²) in [5.41, 5.74) is 2.09. The van der Waals surface area contributed by atoms with Crippen molar-refractivity contribution in [2.75, 3.05) is 13.1 Å². The van der Waals surface area contributed by atoms with E-state index in [1.54, 1.807) is 23.2 Å². The van der Waals surface area contributed by atoms with Crippen molar-refractivity contribution in [3.63, 3.8) is 0 Å². The van der Waals surface area contributed by atoms with E-state index in [4.69, 9.17) is 4.52 Å². The third-order valence-corrected chi connectivity index (χ3v) is 5.49. The van der Waals surface area contributed by atoms with Gasteiger partial charge in [-0.1, -0.05) is 35.5 Å². The van der Waals surface area contributed by atoms with E-state index in [0.29, 0.717) is 31.2 Å². The van der Waals surface area contributed by atoms with Crippen LogP contribution in [-0.2, 0) is 6.42 Å². The SMILES string of the molecule is Cc1noc([C@@H]2CCCN2C(=O)NCCc2nc(-c3ccccc3)cs2)n1. The first-order valence-corrected chi connectivity index (χ1v) is 9.93. The minimum absolute atomic E-state index is 0.0896. The number of nitrogens with zero attached hydrogens (tertiary/aromatic N) is 4. The van der Waals surface area contributed by atoms with Crippen LogP contribution in [0.3, 0.4) is 0 Å². The smallest absolute Gasteiger partial charge is 0.318 e. The Morgan fingerprint density at radius 3 is 2.96 bits per heavy atom. The highest BCUT2D eigenvalue weighted by Gasteiger charge is 2.33. The normalized spacial score (nSPS) is 16.6. The zero-order valence-corrected chi connectivity index (χ0v) is 15.9. The number of benzene rings is 1. The lowest BCUT2D eigenvalue weighted by molar-refractivity contribution is 0.180. The first-order valence-electron chi connectivity index (χ1n) is 9.05. The zero-order valence-electron chi connectivity index (χ0n) is 15.1. The quantitative estimate of drug-likeness (QED) is 0.728. The van der Waals surface area contributed by atoms with E-state index >= 15 is 0 Å². The molecule has 2 aromatic heterocycles. The Kier molecular flexibility index (Phi) is 5.15. The van der Waals surface area contributed by atoms with Crippen LogP contribution in [0.2, 0.25) is 0 Å². The molecule has 1 aliphatic heterocycles. The average Bonchev–Trinajstić information content (AvgIpc) is 3.42. The maximum absolute atomic E-state index is 12.6. The molecule has 0 aliphatic carbocycles. The van der Waals surface area contributed by atoms with Gasteiger partial charge in [-0.05, 0) is 19.8 Å². The minimum Gasteiger partial charge on any atom is -0.338 e. The molecule has 7 nitrogen and oxygen atoms in total. The third kappa shape index (κ3) is 4.00. The molecule has 0 bridgehead atoms. The predicted molar refractivity (Wildman–Crippen MR) is 102 cm³/mol. The second-order valence-corrected chi connectivity index (χ2v) is 7.45. The first-order chi connectivity index (χ1) is 13.2. The number of carbonyl (C=O) groups excluding carboxylic acids is 1. The molecule has 0 saturated carbocycles. The number of likely N-dealkylation sites (tertiary alicyclic amines) is 1. The molecule has 0 unspecified atom stereocenters. The molecule has 27 heavy (non-hydrogen) atoms. The number of nitrogens with one attached hydrogen (secondary N) is 1. The van der Waals surface area contributed by atoms with Crippen LogP contribution >= 0.6 is 11.3 Å². The van der Waals surface area contributed by atoms with Crippen LogP contribution in [-0.4, -0.2) is 39.1 Å². The van der Waals surface area contributed by atoms with Crippen molar-refractivity contribution in [3.8, 4) is 11.3 Å². The second kappa shape index (κ2) is 7.87. The molecule has 2 amide bonds. The minimum atomic E-state index is -0.129. The van der Waals surface area contributed by atoms with Gasteiger partial charge in [0, 0.05) is 30.5 Å². The summed E-state index contributed by atoms with van der Waals surface area (Å²) in [7, 11) is 0. The standard InChI is InChI=1S/C19H21N5O2S/c1-13-21-18(26-23-13)16-8-5-11-24(16)19(25)20-10-9-17-22-15(12-27-17)14-6-3-2-4-7-14/h2-4,6-7,12,16H,5,8-11H2,1H3,(H,20,25)/t16-/m0/s1. The molecule has 1 N–H and O–H groups in total. The van der Waals surface area contributed by atoms with Gasteiger partial charge in [0.25, 0.3) is 0 Å². The van der Waals surface area contributed by atoms with Gasteiger partial charge < -0.3 is 14.7 Å². The van der Waals surface area contributed by atoms with Crippen molar-refractivity contribution in [1.29, 1.82) is 0 Å². The average molecular weight is 383 g/mol. The molecule has 3 heterocycles. The van der Waals surface area contributed by atoms with E-state index in [0.717, 1.165) is 29.1 Å². The van der Waals surface area contributed by atoms with Gasteiger partial charge in [0.1, 0.15) is 6.04 Å². The number of hydrogen-bond acceptors (Lipinski definition) is 6. The van der Waals surface area contributed by atoms with Crippen LogP contribution < -0.4 is 5.32 Å². The van der Waals surface area contributed by atoms with Crippen LogP contribution in [0.1, 0.15) is 35.6 Å². The molecule has 0 radical (unpaired) electrons. The Hall–Kier alpha value is -2.74. The van der Waals surface area contributed by atoms with Gasteiger partial charge in [-0.2, -0.15) is 4.98 Å². The van der Waals surface area contributed by atoms with Crippen LogP contribution in [0.5, 0.6) is 0 Å². The van der Waals surface area contributed by atoms with Crippen molar-refractivity contribution < 1.29 is 9.32 Å². The summed E-state index contributed by atoms with van der Waals surface area (Å²) in [5, 5.41) is 9.90. The van der Waals surface area contributed by atoms with Gasteiger partial charge in [-0.25, -0.2) is 9.78 Å². The van der Waals surface area contributed by atoms with Gasteiger partial charge >= 0.3 is 6.03 Å². The highest BCUT2D eigenvalue weighted by Crippen LogP contribution is 2.30. The Bertz CT molecular complexity index is 908. The molecule has 8 heteroatoms. The molecule has 140 valence electrons. The summed E-state index contributed by atoms with van der Waals surface area (Å²) < 4.78 is 5.26. The van der Waals surface area contributed by atoms with E-state index in [-0.39, 0.29) is 12.1 Å². The van der Waals surface area contributed by atoms with Gasteiger partial charge in [-0.3, -0.25) is 0 Å². The van der Waals surface area contributed by atoms with Gasteiger partial charge in [0.2, 0.25) is 5.89 Å². The Morgan fingerprint density at radius 2 is 2.19 bits per heavy atom. The fraction of sp³-hybridized carbons (Fsp3) is 0.368. The van der Waals surface area contributed by atoms with Crippen molar-refractivity contribution in [1.82, 2.24) is 25.3 Å². The monoisotopic (exact) mass is 383 g/mol. The zero-order chi connectivity index (χ0) is 18.6. The molecule has 1 aromatic carbocycles. The maximum atomic E-state index is 12.6. The van der Waals surface area contributed by atoms with Crippen molar-refractivity contribution >= 4 is 17.4 Å². The molecule has 3 aromatic rings. The number of thiazole rings is 1. The summed E-state index contributed by atoms with van der Waals surface area (Å²) in [6.45, 7) is 3.03. The molecule has 1 atom stereocenters. The topological polar surface area (TPSA) is 84.2 Å². The molecule has 1 saturated heterocycles. The molecular formula is C19H21N5O2S. The summed E-state index contributed by atoms with van der Waals surface area (Å²) in [6, 6.07) is 9.88. The summed E-state index contributed by atoms with van der Waals surface area (Å²) in [6.07, 6.45) is 2.50. The van der Waals surface area contributed by atoms with E-state index in [2.05, 4.69) is 25.8 Å². The van der Waals surface area contributed by atoms with Crippen molar-refractivity contribution in [2.45, 2.75) is 32.2 Å².